The Balaban J connectivity index is 1.49. The Morgan fingerprint density at radius 1 is 1.12 bits per heavy atom. The number of aryl methyl sites for hydroxylation is 1. The molecule has 1 aromatic carbocycles. The lowest BCUT2D eigenvalue weighted by molar-refractivity contribution is -0.129. The van der Waals surface area contributed by atoms with E-state index in [1.807, 2.05) is 21.6 Å². The monoisotopic (exact) mass is 437 g/mol. The molecule has 7 nitrogen and oxygen atoms in total. The summed E-state index contributed by atoms with van der Waals surface area (Å²) in [6.07, 6.45) is 4.98. The molecule has 0 atom stereocenters. The van der Waals surface area contributed by atoms with Crippen LogP contribution in [-0.2, 0) is 22.4 Å². The van der Waals surface area contributed by atoms with Gasteiger partial charge in [0.1, 0.15) is 11.6 Å². The van der Waals surface area contributed by atoms with Gasteiger partial charge in [0.2, 0.25) is 11.7 Å². The summed E-state index contributed by atoms with van der Waals surface area (Å²) in [4.78, 5) is 25.9. The molecular weight excluding hydrogens is 409 g/mol. The van der Waals surface area contributed by atoms with Crippen molar-refractivity contribution >= 4 is 17.5 Å². The van der Waals surface area contributed by atoms with Gasteiger partial charge >= 0.3 is 0 Å². The molecule has 2 saturated heterocycles. The first-order valence-corrected chi connectivity index (χ1v) is 11.4. The maximum Gasteiger partial charge on any atom is 0.236 e. The van der Waals surface area contributed by atoms with Gasteiger partial charge in [0.15, 0.2) is 0 Å². The van der Waals surface area contributed by atoms with Crippen molar-refractivity contribution in [2.24, 2.45) is 0 Å². The van der Waals surface area contributed by atoms with E-state index in [0.717, 1.165) is 62.5 Å². The third-order valence-electron chi connectivity index (χ3n) is 6.35. The molecule has 0 spiro atoms. The lowest BCUT2D eigenvalue weighted by Gasteiger charge is -2.28. The number of imidazole rings is 1. The Hall–Kier alpha value is -3.00. The summed E-state index contributed by atoms with van der Waals surface area (Å²) in [7, 11) is 0. The highest BCUT2D eigenvalue weighted by Crippen LogP contribution is 2.27. The molecule has 5 rings (SSSR count). The van der Waals surface area contributed by atoms with Gasteiger partial charge in [0.05, 0.1) is 31.5 Å². The van der Waals surface area contributed by atoms with Crippen LogP contribution < -0.4 is 4.90 Å². The van der Waals surface area contributed by atoms with Gasteiger partial charge in [-0.25, -0.2) is 14.4 Å². The Morgan fingerprint density at radius 3 is 2.66 bits per heavy atom. The first-order chi connectivity index (χ1) is 15.6. The molecule has 0 aliphatic carbocycles. The van der Waals surface area contributed by atoms with Crippen molar-refractivity contribution in [3.05, 3.63) is 47.5 Å². The first kappa shape index (κ1) is 20.9. The summed E-state index contributed by atoms with van der Waals surface area (Å²) >= 11 is 0. The minimum Gasteiger partial charge on any atom is -0.378 e. The highest BCUT2D eigenvalue weighted by atomic mass is 19.1. The minimum atomic E-state index is -0.346. The van der Waals surface area contributed by atoms with Crippen molar-refractivity contribution in [1.82, 2.24) is 19.3 Å². The molecule has 2 fully saturated rings. The molecule has 3 aromatic rings. The molecule has 0 bridgehead atoms. The maximum atomic E-state index is 14.8. The Labute approximate surface area is 186 Å². The molecule has 1 amide bonds. The summed E-state index contributed by atoms with van der Waals surface area (Å²) < 4.78 is 22.4. The largest absolute Gasteiger partial charge is 0.378 e. The third kappa shape index (κ3) is 3.95. The van der Waals surface area contributed by atoms with Crippen LogP contribution in [0.15, 0.2) is 30.5 Å². The van der Waals surface area contributed by atoms with E-state index in [-0.39, 0.29) is 18.1 Å². The summed E-state index contributed by atoms with van der Waals surface area (Å²) in [6, 6.07) is 6.82. The van der Waals surface area contributed by atoms with Gasteiger partial charge < -0.3 is 14.5 Å². The number of nitrogens with zero attached hydrogens (tertiary/aromatic N) is 5. The molecule has 4 heterocycles. The number of anilines is 1. The van der Waals surface area contributed by atoms with Crippen molar-refractivity contribution < 1.29 is 13.9 Å². The van der Waals surface area contributed by atoms with Crippen molar-refractivity contribution in [3.63, 3.8) is 0 Å². The molecule has 0 radical (unpaired) electrons. The number of hydrogen-bond acceptors (Lipinski definition) is 5. The summed E-state index contributed by atoms with van der Waals surface area (Å²) in [5.41, 5.74) is 2.77. The molecule has 168 valence electrons. The van der Waals surface area contributed by atoms with Crippen molar-refractivity contribution in [2.75, 3.05) is 44.3 Å². The fourth-order valence-corrected chi connectivity index (χ4v) is 4.60. The fraction of sp³-hybridized carbons (Fsp3) is 0.458. The van der Waals surface area contributed by atoms with Crippen LogP contribution in [0.5, 0.6) is 0 Å². The second-order valence-corrected chi connectivity index (χ2v) is 8.42. The normalized spacial score (nSPS) is 16.8. The molecule has 2 aliphatic rings. The van der Waals surface area contributed by atoms with E-state index in [0.29, 0.717) is 30.2 Å². The maximum absolute atomic E-state index is 14.8. The lowest BCUT2D eigenvalue weighted by Crippen LogP contribution is -2.37. The van der Waals surface area contributed by atoms with Crippen LogP contribution in [0, 0.1) is 5.82 Å². The van der Waals surface area contributed by atoms with Crippen LogP contribution in [0.4, 0.5) is 10.2 Å². The zero-order chi connectivity index (χ0) is 22.1. The number of likely N-dealkylation sites (tertiary alicyclic amines) is 1. The van der Waals surface area contributed by atoms with E-state index in [1.165, 1.54) is 6.07 Å². The molecule has 0 saturated carbocycles. The van der Waals surface area contributed by atoms with Crippen LogP contribution in [0.1, 0.15) is 31.0 Å². The molecule has 8 heteroatoms. The number of rotatable bonds is 5. The zero-order valence-corrected chi connectivity index (χ0v) is 18.4. The molecular formula is C24H28FN5O2. The quantitative estimate of drug-likeness (QED) is 0.614. The number of hydrogen-bond donors (Lipinski definition) is 0. The predicted molar refractivity (Wildman–Crippen MR) is 120 cm³/mol. The van der Waals surface area contributed by atoms with E-state index in [4.69, 9.17) is 4.74 Å². The van der Waals surface area contributed by atoms with Gasteiger partial charge in [-0.2, -0.15) is 0 Å². The van der Waals surface area contributed by atoms with E-state index < -0.39 is 0 Å². The number of morpholine rings is 1. The van der Waals surface area contributed by atoms with Gasteiger partial charge in [-0.05, 0) is 43.0 Å². The second-order valence-electron chi connectivity index (χ2n) is 8.42. The van der Waals surface area contributed by atoms with E-state index in [9.17, 15) is 9.18 Å². The Bertz CT molecular complexity index is 1130. The zero-order valence-electron chi connectivity index (χ0n) is 18.4. The molecule has 32 heavy (non-hydrogen) atoms. The van der Waals surface area contributed by atoms with Crippen molar-refractivity contribution in [3.8, 4) is 11.3 Å². The fourth-order valence-electron chi connectivity index (χ4n) is 4.60. The van der Waals surface area contributed by atoms with Gasteiger partial charge in [0.25, 0.3) is 0 Å². The highest BCUT2D eigenvalue weighted by molar-refractivity contribution is 5.79. The van der Waals surface area contributed by atoms with Gasteiger partial charge in [-0.3, -0.25) is 9.20 Å². The number of fused-ring (bicyclic) bond motifs is 1. The van der Waals surface area contributed by atoms with Gasteiger partial charge in [-0.15, -0.1) is 0 Å². The van der Waals surface area contributed by atoms with Gasteiger partial charge in [0, 0.05) is 37.4 Å². The number of aromatic nitrogens is 3. The average Bonchev–Trinajstić information content (AvgIpc) is 3.51. The standard InChI is InChI=1S/C24H28FN5O2/c1-2-18-15-21(27-24-26-16-22(30(18)24)28-9-11-32-12-10-28)19-13-17(5-6-20(19)25)14-23(31)29-7-3-4-8-29/h5-6,13,15-16H,2-4,7-12,14H2,1H3. The van der Waals surface area contributed by atoms with Crippen LogP contribution in [-0.4, -0.2) is 64.6 Å². The van der Waals surface area contributed by atoms with Crippen LogP contribution >= 0.6 is 0 Å². The third-order valence-corrected chi connectivity index (χ3v) is 6.35. The number of amides is 1. The Morgan fingerprint density at radius 2 is 1.91 bits per heavy atom. The van der Waals surface area contributed by atoms with E-state index in [2.05, 4.69) is 21.8 Å². The number of ether oxygens (including phenoxy) is 1. The minimum absolute atomic E-state index is 0.0983. The Kier molecular flexibility index (Phi) is 5.78. The number of benzene rings is 1. The van der Waals surface area contributed by atoms with Crippen molar-refractivity contribution in [2.45, 2.75) is 32.6 Å². The lowest BCUT2D eigenvalue weighted by atomic mass is 10.0. The number of carbonyl (C=O) groups excluding carboxylic acids is 1. The predicted octanol–water partition coefficient (Wildman–Crippen LogP) is 3.10. The summed E-state index contributed by atoms with van der Waals surface area (Å²) in [5.74, 6) is 1.30. The summed E-state index contributed by atoms with van der Waals surface area (Å²) in [6.45, 7) is 6.69. The molecule has 2 aliphatic heterocycles. The van der Waals surface area contributed by atoms with Gasteiger partial charge in [-0.1, -0.05) is 13.0 Å². The topological polar surface area (TPSA) is 63.0 Å². The van der Waals surface area contributed by atoms with Crippen molar-refractivity contribution in [1.29, 1.82) is 0 Å². The highest BCUT2D eigenvalue weighted by Gasteiger charge is 2.21. The average molecular weight is 438 g/mol. The van der Waals surface area contributed by atoms with Crippen LogP contribution in [0.2, 0.25) is 0 Å². The smallest absolute Gasteiger partial charge is 0.236 e. The second kappa shape index (κ2) is 8.86. The van der Waals surface area contributed by atoms with E-state index in [1.54, 1.807) is 12.1 Å². The number of carbonyl (C=O) groups is 1. The summed E-state index contributed by atoms with van der Waals surface area (Å²) in [5, 5.41) is 0. The first-order valence-electron chi connectivity index (χ1n) is 11.4. The number of halogens is 1. The molecule has 0 unspecified atom stereocenters. The molecule has 0 N–H and O–H groups in total. The van der Waals surface area contributed by atoms with E-state index >= 15 is 0 Å². The SMILES string of the molecule is CCc1cc(-c2cc(CC(=O)N3CCCC3)ccc2F)nc2ncc(N3CCOCC3)n12. The van der Waals surface area contributed by atoms with Crippen LogP contribution in [0.3, 0.4) is 0 Å². The van der Waals surface area contributed by atoms with Crippen LogP contribution in [0.25, 0.3) is 17.0 Å². The molecule has 2 aromatic heterocycles.